The molecule has 1 fully saturated rings. The van der Waals surface area contributed by atoms with Gasteiger partial charge >= 0.3 is 0 Å². The maximum absolute atomic E-state index is 12.1. The van der Waals surface area contributed by atoms with Crippen molar-refractivity contribution >= 4 is 5.91 Å². The number of fused-ring (bicyclic) bond motifs is 1. The van der Waals surface area contributed by atoms with Crippen molar-refractivity contribution in [3.8, 4) is 0 Å². The van der Waals surface area contributed by atoms with Crippen molar-refractivity contribution in [2.45, 2.75) is 57.8 Å². The lowest BCUT2D eigenvalue weighted by Crippen LogP contribution is -2.42. The van der Waals surface area contributed by atoms with Crippen molar-refractivity contribution < 1.29 is 4.79 Å². The molecule has 6 nitrogen and oxygen atoms in total. The Balaban J connectivity index is 1.36. The van der Waals surface area contributed by atoms with E-state index in [2.05, 4.69) is 31.0 Å². The van der Waals surface area contributed by atoms with Crippen LogP contribution in [0.3, 0.4) is 0 Å². The summed E-state index contributed by atoms with van der Waals surface area (Å²) in [5.41, 5.74) is 2.83. The predicted octanol–water partition coefficient (Wildman–Crippen LogP) is 2.36. The molecule has 2 aliphatic rings. The summed E-state index contributed by atoms with van der Waals surface area (Å²) in [5.74, 6) is -0.0859. The number of hydrogen-bond acceptors (Lipinski definition) is 4. The van der Waals surface area contributed by atoms with Gasteiger partial charge in [-0.3, -0.25) is 19.4 Å². The third-order valence-corrected chi connectivity index (χ3v) is 5.34. The second kappa shape index (κ2) is 7.35. The van der Waals surface area contributed by atoms with Crippen molar-refractivity contribution in [1.29, 1.82) is 0 Å². The second-order valence-corrected chi connectivity index (χ2v) is 7.03. The van der Waals surface area contributed by atoms with E-state index in [1.54, 1.807) is 24.5 Å². The Morgan fingerprint density at radius 3 is 2.76 bits per heavy atom. The summed E-state index contributed by atoms with van der Waals surface area (Å²) in [6.07, 6.45) is 10.1. The Labute approximate surface area is 148 Å². The van der Waals surface area contributed by atoms with Gasteiger partial charge in [-0.25, -0.2) is 0 Å². The number of aromatic nitrogens is 3. The number of rotatable bonds is 4. The number of nitrogens with one attached hydrogen (secondary N) is 1. The molecule has 0 radical (unpaired) electrons. The highest BCUT2D eigenvalue weighted by Crippen LogP contribution is 2.26. The molecule has 25 heavy (non-hydrogen) atoms. The number of nitrogens with zero attached hydrogens (tertiary/aromatic N) is 4. The van der Waals surface area contributed by atoms with Gasteiger partial charge in [-0.15, -0.1) is 0 Å². The largest absolute Gasteiger partial charge is 0.346 e. The third kappa shape index (κ3) is 3.74. The van der Waals surface area contributed by atoms with Crippen molar-refractivity contribution in [2.24, 2.45) is 0 Å². The van der Waals surface area contributed by atoms with E-state index in [0.29, 0.717) is 12.1 Å². The molecule has 0 unspecified atom stereocenters. The second-order valence-electron chi connectivity index (χ2n) is 7.03. The van der Waals surface area contributed by atoms with E-state index in [0.717, 1.165) is 31.4 Å². The smallest absolute Gasteiger partial charge is 0.251 e. The Bertz CT molecular complexity index is 721. The zero-order valence-electron chi connectivity index (χ0n) is 14.5. The Morgan fingerprint density at radius 1 is 1.16 bits per heavy atom. The molecule has 2 aromatic rings. The molecule has 0 saturated heterocycles. The first-order valence-electron chi connectivity index (χ1n) is 9.27. The summed E-state index contributed by atoms with van der Waals surface area (Å²) in [6.45, 7) is 3.48. The van der Waals surface area contributed by atoms with E-state index >= 15 is 0 Å². The SMILES string of the molecule is O=C(NCc1cc2n(n1)CCN(C1CCCCC1)C2)c1ccncc1. The molecule has 1 N–H and O–H groups in total. The van der Waals surface area contributed by atoms with Crippen LogP contribution >= 0.6 is 0 Å². The fourth-order valence-corrected chi connectivity index (χ4v) is 3.97. The van der Waals surface area contributed by atoms with Crippen molar-refractivity contribution in [1.82, 2.24) is 25.0 Å². The summed E-state index contributed by atoms with van der Waals surface area (Å²) in [4.78, 5) is 18.7. The van der Waals surface area contributed by atoms with Crippen molar-refractivity contribution in [2.75, 3.05) is 6.54 Å². The normalized spacial score (nSPS) is 18.7. The summed E-state index contributed by atoms with van der Waals surface area (Å²) in [6, 6.07) is 6.32. The maximum atomic E-state index is 12.1. The maximum Gasteiger partial charge on any atom is 0.251 e. The van der Waals surface area contributed by atoms with Crippen LogP contribution in [0.2, 0.25) is 0 Å². The monoisotopic (exact) mass is 339 g/mol. The average molecular weight is 339 g/mol. The molecule has 1 aliphatic carbocycles. The molecule has 6 heteroatoms. The average Bonchev–Trinajstić information content (AvgIpc) is 3.09. The lowest BCUT2D eigenvalue weighted by Gasteiger charge is -2.36. The number of carbonyl (C=O) groups is 1. The molecule has 0 bridgehead atoms. The molecular weight excluding hydrogens is 314 g/mol. The van der Waals surface area contributed by atoms with Gasteiger partial charge in [0.25, 0.3) is 5.91 Å². The molecular formula is C19H25N5O. The lowest BCUT2D eigenvalue weighted by atomic mass is 9.94. The number of amides is 1. The van der Waals surface area contributed by atoms with Crippen LogP contribution in [0.4, 0.5) is 0 Å². The predicted molar refractivity (Wildman–Crippen MR) is 94.9 cm³/mol. The topological polar surface area (TPSA) is 63.1 Å². The highest BCUT2D eigenvalue weighted by atomic mass is 16.1. The van der Waals surface area contributed by atoms with Gasteiger partial charge in [0.15, 0.2) is 0 Å². The van der Waals surface area contributed by atoms with E-state index in [4.69, 9.17) is 0 Å². The minimum absolute atomic E-state index is 0.0859. The Morgan fingerprint density at radius 2 is 1.96 bits per heavy atom. The molecule has 0 aromatic carbocycles. The third-order valence-electron chi connectivity index (χ3n) is 5.34. The first kappa shape index (κ1) is 16.3. The van der Waals surface area contributed by atoms with Crippen LogP contribution in [-0.4, -0.2) is 38.2 Å². The molecule has 1 saturated carbocycles. The Kier molecular flexibility index (Phi) is 4.78. The standard InChI is InChI=1S/C19H25N5O/c25-19(15-6-8-20-9-7-15)21-13-16-12-18-14-23(10-11-24(18)22-16)17-4-2-1-3-5-17/h6-9,12,17H,1-5,10-11,13-14H2,(H,21,25). The summed E-state index contributed by atoms with van der Waals surface area (Å²) in [5, 5.41) is 7.60. The molecule has 132 valence electrons. The van der Waals surface area contributed by atoms with Gasteiger partial charge in [-0.05, 0) is 31.0 Å². The number of pyridine rings is 1. The fraction of sp³-hybridized carbons (Fsp3) is 0.526. The first-order chi connectivity index (χ1) is 12.3. The highest BCUT2D eigenvalue weighted by Gasteiger charge is 2.25. The van der Waals surface area contributed by atoms with E-state index in [1.165, 1.54) is 37.8 Å². The molecule has 4 rings (SSSR count). The molecule has 2 aromatic heterocycles. The summed E-state index contributed by atoms with van der Waals surface area (Å²) < 4.78 is 2.10. The van der Waals surface area contributed by atoms with Crippen molar-refractivity contribution in [3.63, 3.8) is 0 Å². The zero-order valence-corrected chi connectivity index (χ0v) is 14.5. The van der Waals surface area contributed by atoms with Crippen LogP contribution in [0.5, 0.6) is 0 Å². The van der Waals surface area contributed by atoms with Gasteiger partial charge in [0, 0.05) is 37.1 Å². The number of carbonyl (C=O) groups excluding carboxylic acids is 1. The molecule has 3 heterocycles. The van der Waals surface area contributed by atoms with Crippen LogP contribution in [0.15, 0.2) is 30.6 Å². The van der Waals surface area contributed by atoms with Crippen LogP contribution in [0.25, 0.3) is 0 Å². The summed E-state index contributed by atoms with van der Waals surface area (Å²) in [7, 11) is 0. The Hall–Kier alpha value is -2.21. The van der Waals surface area contributed by atoms with Crippen LogP contribution in [0, 0.1) is 0 Å². The fourth-order valence-electron chi connectivity index (χ4n) is 3.97. The minimum atomic E-state index is -0.0859. The quantitative estimate of drug-likeness (QED) is 0.929. The molecule has 1 amide bonds. The van der Waals surface area contributed by atoms with E-state index in [1.807, 2.05) is 0 Å². The van der Waals surface area contributed by atoms with E-state index in [-0.39, 0.29) is 5.91 Å². The van der Waals surface area contributed by atoms with Gasteiger partial charge < -0.3 is 5.32 Å². The van der Waals surface area contributed by atoms with Gasteiger partial charge in [-0.2, -0.15) is 5.10 Å². The van der Waals surface area contributed by atoms with Crippen LogP contribution < -0.4 is 5.32 Å². The zero-order chi connectivity index (χ0) is 17.1. The highest BCUT2D eigenvalue weighted by molar-refractivity contribution is 5.93. The molecule has 1 aliphatic heterocycles. The minimum Gasteiger partial charge on any atom is -0.346 e. The molecule has 0 atom stereocenters. The van der Waals surface area contributed by atoms with Gasteiger partial charge in [0.1, 0.15) is 0 Å². The lowest BCUT2D eigenvalue weighted by molar-refractivity contribution is 0.0950. The van der Waals surface area contributed by atoms with E-state index in [9.17, 15) is 4.79 Å². The summed E-state index contributed by atoms with van der Waals surface area (Å²) >= 11 is 0. The van der Waals surface area contributed by atoms with Crippen molar-refractivity contribution in [3.05, 3.63) is 47.5 Å². The van der Waals surface area contributed by atoms with Gasteiger partial charge in [-0.1, -0.05) is 19.3 Å². The van der Waals surface area contributed by atoms with Gasteiger partial charge in [0.2, 0.25) is 0 Å². The van der Waals surface area contributed by atoms with Crippen LogP contribution in [-0.2, 0) is 19.6 Å². The first-order valence-corrected chi connectivity index (χ1v) is 9.27. The number of hydrogen-bond donors (Lipinski definition) is 1. The molecule has 0 spiro atoms. The van der Waals surface area contributed by atoms with Gasteiger partial charge in [0.05, 0.1) is 24.5 Å². The van der Waals surface area contributed by atoms with E-state index < -0.39 is 0 Å². The van der Waals surface area contributed by atoms with Crippen LogP contribution in [0.1, 0.15) is 53.8 Å².